The minimum atomic E-state index is -0.305. The normalized spacial score (nSPS) is 27.7. The van der Waals surface area contributed by atoms with Gasteiger partial charge >= 0.3 is 0 Å². The van der Waals surface area contributed by atoms with Crippen molar-refractivity contribution in [3.63, 3.8) is 0 Å². The largest absolute Gasteiger partial charge is 0.381 e. The van der Waals surface area contributed by atoms with E-state index in [0.29, 0.717) is 24.1 Å². The zero-order valence-corrected chi connectivity index (χ0v) is 14.5. The molecule has 1 amide bonds. The fraction of sp³-hybridized carbons (Fsp3) is 0.632. The van der Waals surface area contributed by atoms with Crippen molar-refractivity contribution in [3.05, 3.63) is 23.9 Å². The number of carbonyl (C=O) groups excluding carboxylic acids is 1. The zero-order valence-electron chi connectivity index (χ0n) is 14.5. The lowest BCUT2D eigenvalue weighted by Crippen LogP contribution is -2.50. The summed E-state index contributed by atoms with van der Waals surface area (Å²) in [5, 5.41) is 9.37. The van der Waals surface area contributed by atoms with E-state index in [2.05, 4.69) is 20.9 Å². The molecule has 0 radical (unpaired) electrons. The van der Waals surface area contributed by atoms with Crippen LogP contribution in [0.2, 0.25) is 0 Å². The number of piperidine rings is 1. The van der Waals surface area contributed by atoms with Gasteiger partial charge in [0.2, 0.25) is 5.91 Å². The fourth-order valence-corrected chi connectivity index (χ4v) is 4.62. The molecule has 3 aliphatic heterocycles. The molecule has 6 nitrogen and oxygen atoms in total. The van der Waals surface area contributed by atoms with E-state index in [-0.39, 0.29) is 5.41 Å². The number of anilines is 1. The molecule has 3 saturated heterocycles. The average molecular weight is 340 g/mol. The molecule has 0 saturated carbocycles. The lowest BCUT2D eigenvalue weighted by Gasteiger charge is -2.40. The molecule has 132 valence electrons. The molecule has 25 heavy (non-hydrogen) atoms. The molecule has 0 aromatic carbocycles. The van der Waals surface area contributed by atoms with Crippen LogP contribution in [0.1, 0.15) is 37.7 Å². The predicted octanol–water partition coefficient (Wildman–Crippen LogP) is 1.95. The minimum absolute atomic E-state index is 0.304. The molecule has 3 fully saturated rings. The van der Waals surface area contributed by atoms with Crippen LogP contribution in [0.5, 0.6) is 0 Å². The van der Waals surface area contributed by atoms with Gasteiger partial charge in [-0.2, -0.15) is 5.26 Å². The van der Waals surface area contributed by atoms with E-state index in [4.69, 9.17) is 4.74 Å². The molecule has 3 aliphatic rings. The van der Waals surface area contributed by atoms with Gasteiger partial charge in [0.1, 0.15) is 11.9 Å². The zero-order chi connectivity index (χ0) is 17.3. The van der Waals surface area contributed by atoms with Gasteiger partial charge in [-0.1, -0.05) is 0 Å². The number of rotatable bonds is 2. The van der Waals surface area contributed by atoms with Crippen LogP contribution >= 0.6 is 0 Å². The number of pyridine rings is 1. The van der Waals surface area contributed by atoms with Gasteiger partial charge in [0.05, 0.1) is 11.0 Å². The number of hydrogen-bond acceptors (Lipinski definition) is 5. The van der Waals surface area contributed by atoms with Crippen molar-refractivity contribution in [2.45, 2.75) is 38.1 Å². The van der Waals surface area contributed by atoms with Crippen LogP contribution in [-0.2, 0) is 9.53 Å². The minimum Gasteiger partial charge on any atom is -0.381 e. The Morgan fingerprint density at radius 1 is 1.28 bits per heavy atom. The first-order valence-corrected chi connectivity index (χ1v) is 9.22. The Bertz CT molecular complexity index is 695. The molecule has 0 N–H and O–H groups in total. The second-order valence-corrected chi connectivity index (χ2v) is 7.38. The van der Waals surface area contributed by atoms with E-state index < -0.39 is 0 Å². The maximum absolute atomic E-state index is 13.3. The lowest BCUT2D eigenvalue weighted by atomic mass is 9.78. The van der Waals surface area contributed by atoms with Crippen molar-refractivity contribution < 1.29 is 9.53 Å². The van der Waals surface area contributed by atoms with E-state index in [9.17, 15) is 10.1 Å². The molecule has 0 aliphatic carbocycles. The number of nitrogens with zero attached hydrogens (tertiary/aromatic N) is 4. The highest BCUT2D eigenvalue weighted by atomic mass is 16.5. The topological polar surface area (TPSA) is 69.5 Å². The van der Waals surface area contributed by atoms with Crippen LogP contribution in [0.25, 0.3) is 0 Å². The van der Waals surface area contributed by atoms with Crippen molar-refractivity contribution in [2.24, 2.45) is 5.41 Å². The second-order valence-electron chi connectivity index (χ2n) is 7.38. The Morgan fingerprint density at radius 3 is 2.92 bits per heavy atom. The molecule has 6 heteroatoms. The molecular weight excluding hydrogens is 316 g/mol. The summed E-state index contributed by atoms with van der Waals surface area (Å²) in [6, 6.07) is 6.15. The van der Waals surface area contributed by atoms with Crippen molar-refractivity contribution in [1.29, 1.82) is 5.26 Å². The Hall–Kier alpha value is -2.13. The predicted molar refractivity (Wildman–Crippen MR) is 93.0 cm³/mol. The SMILES string of the molecule is N#Cc1cccnc1N1CCC[C@@]2(CCN(C3CCOCC3)C2=O)C1. The highest BCUT2D eigenvalue weighted by Gasteiger charge is 2.50. The number of amides is 1. The summed E-state index contributed by atoms with van der Waals surface area (Å²) in [5.41, 5.74) is 0.284. The second kappa shape index (κ2) is 6.64. The van der Waals surface area contributed by atoms with Gasteiger partial charge < -0.3 is 14.5 Å². The first-order chi connectivity index (χ1) is 12.2. The summed E-state index contributed by atoms with van der Waals surface area (Å²) < 4.78 is 5.45. The molecule has 0 unspecified atom stereocenters. The Labute approximate surface area is 148 Å². The molecule has 1 atom stereocenters. The summed E-state index contributed by atoms with van der Waals surface area (Å²) in [6.45, 7) is 3.90. The molecule has 1 aromatic rings. The van der Waals surface area contributed by atoms with Crippen LogP contribution < -0.4 is 4.90 Å². The number of ether oxygens (including phenoxy) is 1. The van der Waals surface area contributed by atoms with Gasteiger partial charge in [0.15, 0.2) is 0 Å². The number of hydrogen-bond donors (Lipinski definition) is 0. The van der Waals surface area contributed by atoms with Crippen molar-refractivity contribution in [2.75, 3.05) is 37.7 Å². The quantitative estimate of drug-likeness (QED) is 0.823. The van der Waals surface area contributed by atoms with E-state index >= 15 is 0 Å². The van der Waals surface area contributed by atoms with Gasteiger partial charge in [0, 0.05) is 45.1 Å². The van der Waals surface area contributed by atoms with Gasteiger partial charge in [0.25, 0.3) is 0 Å². The number of nitriles is 1. The Morgan fingerprint density at radius 2 is 2.12 bits per heavy atom. The van der Waals surface area contributed by atoms with E-state index in [1.165, 1.54) is 0 Å². The molecule has 1 spiro atoms. The third-order valence-corrected chi connectivity index (χ3v) is 5.96. The number of likely N-dealkylation sites (tertiary alicyclic amines) is 1. The average Bonchev–Trinajstić information content (AvgIpc) is 2.98. The molecule has 0 bridgehead atoms. The van der Waals surface area contributed by atoms with Crippen LogP contribution in [-0.4, -0.2) is 54.7 Å². The highest BCUT2D eigenvalue weighted by Crippen LogP contribution is 2.42. The van der Waals surface area contributed by atoms with Crippen molar-refractivity contribution in [3.8, 4) is 6.07 Å². The third-order valence-electron chi connectivity index (χ3n) is 5.96. The highest BCUT2D eigenvalue weighted by molar-refractivity contribution is 5.86. The van der Waals surface area contributed by atoms with Gasteiger partial charge in [-0.25, -0.2) is 4.98 Å². The summed E-state index contributed by atoms with van der Waals surface area (Å²) in [4.78, 5) is 22.0. The Kier molecular flexibility index (Phi) is 4.34. The van der Waals surface area contributed by atoms with Crippen molar-refractivity contribution >= 4 is 11.7 Å². The lowest BCUT2D eigenvalue weighted by molar-refractivity contribution is -0.139. The fourth-order valence-electron chi connectivity index (χ4n) is 4.62. The first kappa shape index (κ1) is 16.3. The molecule has 1 aromatic heterocycles. The number of aromatic nitrogens is 1. The van der Waals surface area contributed by atoms with Crippen molar-refractivity contribution in [1.82, 2.24) is 9.88 Å². The molecule has 4 rings (SSSR count). The van der Waals surface area contributed by atoms with E-state index in [1.54, 1.807) is 18.3 Å². The monoisotopic (exact) mass is 340 g/mol. The summed E-state index contributed by atoms with van der Waals surface area (Å²) in [5.74, 6) is 1.03. The van der Waals surface area contributed by atoms with Gasteiger partial charge in [-0.15, -0.1) is 0 Å². The third kappa shape index (κ3) is 2.87. The van der Waals surface area contributed by atoms with Crippen LogP contribution in [0.3, 0.4) is 0 Å². The molecular formula is C19H24N4O2. The van der Waals surface area contributed by atoms with Crippen LogP contribution in [0.15, 0.2) is 18.3 Å². The summed E-state index contributed by atoms with van der Waals surface area (Å²) in [7, 11) is 0. The standard InChI is InChI=1S/C19H24N4O2/c20-13-15-3-1-8-21-17(15)22-9-2-6-19(14-22)7-10-23(18(19)24)16-4-11-25-12-5-16/h1,3,8,16H,2,4-7,9-12,14H2/t19-/m1/s1. The van der Waals surface area contributed by atoms with Gasteiger partial charge in [-0.3, -0.25) is 4.79 Å². The van der Waals surface area contributed by atoms with Crippen LogP contribution in [0.4, 0.5) is 5.82 Å². The molecule has 4 heterocycles. The first-order valence-electron chi connectivity index (χ1n) is 9.22. The van der Waals surface area contributed by atoms with E-state index in [1.807, 2.05) is 0 Å². The summed E-state index contributed by atoms with van der Waals surface area (Å²) >= 11 is 0. The maximum atomic E-state index is 13.3. The smallest absolute Gasteiger partial charge is 0.230 e. The summed E-state index contributed by atoms with van der Waals surface area (Å²) in [6.07, 6.45) is 6.44. The number of carbonyl (C=O) groups is 1. The van der Waals surface area contributed by atoms with Gasteiger partial charge in [-0.05, 0) is 44.2 Å². The van der Waals surface area contributed by atoms with E-state index in [0.717, 1.165) is 64.2 Å². The Balaban J connectivity index is 1.54. The van der Waals surface area contributed by atoms with Crippen LogP contribution in [0, 0.1) is 16.7 Å². The maximum Gasteiger partial charge on any atom is 0.230 e.